The number of carbonyl (C=O) groups is 1. The minimum absolute atomic E-state index is 0. The lowest BCUT2D eigenvalue weighted by Gasteiger charge is -2.38. The van der Waals surface area contributed by atoms with Gasteiger partial charge in [-0.3, -0.25) is 4.79 Å². The van der Waals surface area contributed by atoms with Gasteiger partial charge in [-0.1, -0.05) is 18.2 Å². The van der Waals surface area contributed by atoms with Crippen LogP contribution in [0.4, 0.5) is 11.5 Å². The number of nitrogens with one attached hydrogen (secondary N) is 1. The number of amides is 1. The molecule has 3 rings (SSSR count). The molecule has 142 valence electrons. The minimum Gasteiger partial charge on any atom is -0.333 e. The van der Waals surface area contributed by atoms with E-state index in [0.29, 0.717) is 11.6 Å². The largest absolute Gasteiger partial charge is 0.333 e. The highest BCUT2D eigenvalue weighted by molar-refractivity contribution is 5.94. The summed E-state index contributed by atoms with van der Waals surface area (Å²) in [5.74, 6) is 0.872. The molecule has 26 heavy (non-hydrogen) atoms. The molecule has 2 heterocycles. The number of hydrogen-bond donors (Lipinski definition) is 1. The second-order valence-electron chi connectivity index (χ2n) is 6.28. The van der Waals surface area contributed by atoms with Gasteiger partial charge in [-0.15, -0.1) is 24.8 Å². The molecule has 2 aromatic rings. The molecule has 1 saturated heterocycles. The number of para-hydroxylation sites is 1. The number of benzene rings is 1. The summed E-state index contributed by atoms with van der Waals surface area (Å²) >= 11 is 0. The van der Waals surface area contributed by atoms with Gasteiger partial charge >= 0.3 is 0 Å². The summed E-state index contributed by atoms with van der Waals surface area (Å²) in [5.41, 5.74) is 1.70. The molecule has 0 bridgehead atoms. The van der Waals surface area contributed by atoms with Crippen molar-refractivity contribution < 1.29 is 4.79 Å². The average molecular weight is 397 g/mol. The van der Waals surface area contributed by atoms with Crippen molar-refractivity contribution in [1.82, 2.24) is 15.2 Å². The standard InChI is InChI=1S/C19H24N4O.2ClH/c1-14-15(2)23(12-11-20-14)19(24)16-9-10-18(21-13-16)22(3)17-7-5-4-6-8-17;;/h4-10,13-15,20H,11-12H2,1-3H3;2*1H. The van der Waals surface area contributed by atoms with Crippen molar-refractivity contribution in [2.75, 3.05) is 25.0 Å². The van der Waals surface area contributed by atoms with Crippen LogP contribution in [0.2, 0.25) is 0 Å². The van der Waals surface area contributed by atoms with E-state index in [-0.39, 0.29) is 36.8 Å². The first kappa shape index (κ1) is 22.2. The van der Waals surface area contributed by atoms with Crippen molar-refractivity contribution in [2.24, 2.45) is 0 Å². The van der Waals surface area contributed by atoms with Crippen LogP contribution < -0.4 is 10.2 Å². The topological polar surface area (TPSA) is 48.5 Å². The van der Waals surface area contributed by atoms with Gasteiger partial charge in [-0.2, -0.15) is 0 Å². The quantitative estimate of drug-likeness (QED) is 0.861. The van der Waals surface area contributed by atoms with E-state index in [1.54, 1.807) is 6.20 Å². The second kappa shape index (κ2) is 9.76. The van der Waals surface area contributed by atoms with Crippen LogP contribution in [-0.2, 0) is 0 Å². The van der Waals surface area contributed by atoms with Crippen LogP contribution in [-0.4, -0.2) is 48.0 Å². The summed E-state index contributed by atoms with van der Waals surface area (Å²) in [6.07, 6.45) is 1.68. The van der Waals surface area contributed by atoms with E-state index in [1.807, 2.05) is 59.3 Å². The van der Waals surface area contributed by atoms with E-state index < -0.39 is 0 Å². The smallest absolute Gasteiger partial charge is 0.255 e. The van der Waals surface area contributed by atoms with Crippen LogP contribution >= 0.6 is 24.8 Å². The molecule has 0 radical (unpaired) electrons. The summed E-state index contributed by atoms with van der Waals surface area (Å²) in [7, 11) is 1.97. The van der Waals surface area contributed by atoms with Crippen molar-refractivity contribution >= 4 is 42.2 Å². The number of nitrogens with zero attached hydrogens (tertiary/aromatic N) is 3. The van der Waals surface area contributed by atoms with Gasteiger partial charge in [-0.05, 0) is 38.1 Å². The van der Waals surface area contributed by atoms with Gasteiger partial charge in [0.15, 0.2) is 0 Å². The van der Waals surface area contributed by atoms with Crippen molar-refractivity contribution in [3.8, 4) is 0 Å². The fourth-order valence-corrected chi connectivity index (χ4v) is 3.00. The normalized spacial score (nSPS) is 19.1. The predicted octanol–water partition coefficient (Wildman–Crippen LogP) is 3.52. The first-order chi connectivity index (χ1) is 11.6. The number of aromatic nitrogens is 1. The molecule has 7 heteroatoms. The van der Waals surface area contributed by atoms with E-state index in [4.69, 9.17) is 0 Å². The molecule has 1 aliphatic rings. The Balaban J connectivity index is 0.00000169. The van der Waals surface area contributed by atoms with Crippen LogP contribution in [0.25, 0.3) is 0 Å². The number of carbonyl (C=O) groups excluding carboxylic acids is 1. The monoisotopic (exact) mass is 396 g/mol. The van der Waals surface area contributed by atoms with Crippen LogP contribution in [0.3, 0.4) is 0 Å². The Labute approximate surface area is 167 Å². The lowest BCUT2D eigenvalue weighted by Crippen LogP contribution is -2.57. The summed E-state index contributed by atoms with van der Waals surface area (Å²) in [4.78, 5) is 21.2. The Morgan fingerprint density at radius 3 is 2.46 bits per heavy atom. The first-order valence-electron chi connectivity index (χ1n) is 8.37. The minimum atomic E-state index is 0. The lowest BCUT2D eigenvalue weighted by molar-refractivity contribution is 0.0602. The van der Waals surface area contributed by atoms with E-state index >= 15 is 0 Å². The zero-order chi connectivity index (χ0) is 17.1. The zero-order valence-corrected chi connectivity index (χ0v) is 16.9. The van der Waals surface area contributed by atoms with Crippen LogP contribution in [0, 0.1) is 0 Å². The molecule has 1 aromatic carbocycles. The molecule has 1 amide bonds. The van der Waals surface area contributed by atoms with Gasteiger partial charge in [0.2, 0.25) is 0 Å². The average Bonchev–Trinajstić information content (AvgIpc) is 2.64. The Morgan fingerprint density at radius 2 is 1.85 bits per heavy atom. The molecule has 1 aliphatic heterocycles. The third-order valence-corrected chi connectivity index (χ3v) is 4.78. The van der Waals surface area contributed by atoms with Gasteiger partial charge in [0.1, 0.15) is 5.82 Å². The number of anilines is 2. The number of rotatable bonds is 3. The predicted molar refractivity (Wildman–Crippen MR) is 111 cm³/mol. The highest BCUT2D eigenvalue weighted by Crippen LogP contribution is 2.21. The maximum Gasteiger partial charge on any atom is 0.255 e. The van der Waals surface area contributed by atoms with E-state index in [9.17, 15) is 4.79 Å². The van der Waals surface area contributed by atoms with Crippen LogP contribution in [0.1, 0.15) is 24.2 Å². The maximum atomic E-state index is 12.8. The Kier molecular flexibility index (Phi) is 8.34. The molecule has 1 fully saturated rings. The van der Waals surface area contributed by atoms with Gasteiger partial charge in [0.25, 0.3) is 5.91 Å². The Bertz CT molecular complexity index is 696. The van der Waals surface area contributed by atoms with Crippen molar-refractivity contribution in [3.05, 3.63) is 54.2 Å². The van der Waals surface area contributed by atoms with Gasteiger partial charge < -0.3 is 15.1 Å². The van der Waals surface area contributed by atoms with Gasteiger partial charge in [0.05, 0.1) is 5.56 Å². The van der Waals surface area contributed by atoms with Crippen LogP contribution in [0.15, 0.2) is 48.7 Å². The van der Waals surface area contributed by atoms with Gasteiger partial charge in [0, 0.05) is 44.1 Å². The van der Waals surface area contributed by atoms with E-state index in [1.165, 1.54) is 0 Å². The molecular weight excluding hydrogens is 371 g/mol. The number of halogens is 2. The van der Waals surface area contributed by atoms with Gasteiger partial charge in [-0.25, -0.2) is 4.98 Å². The molecule has 1 N–H and O–H groups in total. The van der Waals surface area contributed by atoms with Crippen molar-refractivity contribution in [1.29, 1.82) is 0 Å². The summed E-state index contributed by atoms with van der Waals surface area (Å²) in [6.45, 7) is 5.76. The molecule has 0 aliphatic carbocycles. The van der Waals surface area contributed by atoms with Crippen molar-refractivity contribution in [2.45, 2.75) is 25.9 Å². The van der Waals surface area contributed by atoms with E-state index in [2.05, 4.69) is 24.1 Å². The first-order valence-corrected chi connectivity index (χ1v) is 8.37. The highest BCUT2D eigenvalue weighted by atomic mass is 35.5. The number of pyridine rings is 1. The summed E-state index contributed by atoms with van der Waals surface area (Å²) in [6, 6.07) is 14.3. The molecular formula is C19H26Cl2N4O. The summed E-state index contributed by atoms with van der Waals surface area (Å²) < 4.78 is 0. The Morgan fingerprint density at radius 1 is 1.15 bits per heavy atom. The van der Waals surface area contributed by atoms with Crippen molar-refractivity contribution in [3.63, 3.8) is 0 Å². The maximum absolute atomic E-state index is 12.8. The summed E-state index contributed by atoms with van der Waals surface area (Å²) in [5, 5.41) is 3.39. The fraction of sp³-hybridized carbons (Fsp3) is 0.368. The fourth-order valence-electron chi connectivity index (χ4n) is 3.00. The molecule has 2 atom stereocenters. The van der Waals surface area contributed by atoms with Crippen LogP contribution in [0.5, 0.6) is 0 Å². The number of piperazine rings is 1. The second-order valence-corrected chi connectivity index (χ2v) is 6.28. The number of hydrogen-bond acceptors (Lipinski definition) is 4. The third-order valence-electron chi connectivity index (χ3n) is 4.78. The van der Waals surface area contributed by atoms with E-state index in [0.717, 1.165) is 24.6 Å². The molecule has 5 nitrogen and oxygen atoms in total. The molecule has 0 saturated carbocycles. The Hall–Kier alpha value is -1.82. The molecule has 0 spiro atoms. The SMILES string of the molecule is CC1NCCN(C(=O)c2ccc(N(C)c3ccccc3)nc2)C1C.Cl.Cl. The molecule has 1 aromatic heterocycles. The zero-order valence-electron chi connectivity index (χ0n) is 15.3. The third kappa shape index (κ3) is 4.67. The molecule has 2 unspecified atom stereocenters. The lowest BCUT2D eigenvalue weighted by atomic mass is 10.1. The highest BCUT2D eigenvalue weighted by Gasteiger charge is 2.28.